The fraction of sp³-hybridized carbons (Fsp3) is 0.978. The first-order chi connectivity index (χ1) is 29.1. The molecule has 11 atom stereocenters. The quantitative estimate of drug-likeness (QED) is 0.0275. The summed E-state index contributed by atoms with van der Waals surface area (Å²) < 4.78 is 34.2. The Balaban J connectivity index is 1.77. The van der Waals surface area contributed by atoms with Crippen molar-refractivity contribution in [1.82, 2.24) is 0 Å². The van der Waals surface area contributed by atoms with E-state index in [1.807, 2.05) is 0 Å². The number of hydrogen-bond donors (Lipinski definition) is 7. The van der Waals surface area contributed by atoms with Gasteiger partial charge in [0, 0.05) is 13.0 Å². The summed E-state index contributed by atoms with van der Waals surface area (Å²) in [6, 6.07) is 0. The van der Waals surface area contributed by atoms with Crippen LogP contribution in [0, 0.1) is 0 Å². The first-order valence-electron chi connectivity index (χ1n) is 24.1. The van der Waals surface area contributed by atoms with Crippen LogP contribution in [0.4, 0.5) is 0 Å². The molecule has 0 aliphatic carbocycles. The van der Waals surface area contributed by atoms with Crippen LogP contribution in [0.5, 0.6) is 0 Å². The minimum atomic E-state index is -1.70. The lowest BCUT2D eigenvalue weighted by molar-refractivity contribution is -0.332. The molecule has 2 fully saturated rings. The molecule has 0 spiro atoms. The van der Waals surface area contributed by atoms with E-state index in [4.69, 9.17) is 28.4 Å². The molecular weight excluding hydrogens is 776 g/mol. The molecule has 0 aromatic heterocycles. The molecule has 7 N–H and O–H groups in total. The number of carbonyl (C=O) groups is 1. The van der Waals surface area contributed by atoms with E-state index in [0.29, 0.717) is 6.61 Å². The molecule has 60 heavy (non-hydrogen) atoms. The van der Waals surface area contributed by atoms with Crippen molar-refractivity contribution in [2.75, 3.05) is 33.0 Å². The average Bonchev–Trinajstić information content (AvgIpc) is 3.24. The van der Waals surface area contributed by atoms with Gasteiger partial charge in [-0.25, -0.2) is 0 Å². The Labute approximate surface area is 362 Å². The summed E-state index contributed by atoms with van der Waals surface area (Å²) in [5.41, 5.74) is 0. The van der Waals surface area contributed by atoms with Crippen molar-refractivity contribution in [2.45, 2.75) is 255 Å². The molecule has 2 aliphatic heterocycles. The Morgan fingerprint density at radius 2 is 0.883 bits per heavy atom. The normalized spacial score (nSPS) is 27.6. The Morgan fingerprint density at radius 1 is 0.483 bits per heavy atom. The van der Waals surface area contributed by atoms with Gasteiger partial charge in [-0.3, -0.25) is 4.79 Å². The third-order valence-electron chi connectivity index (χ3n) is 11.9. The zero-order chi connectivity index (χ0) is 43.8. The molecule has 11 unspecified atom stereocenters. The van der Waals surface area contributed by atoms with Gasteiger partial charge in [-0.2, -0.15) is 0 Å². The highest BCUT2D eigenvalue weighted by molar-refractivity contribution is 5.69. The van der Waals surface area contributed by atoms with Gasteiger partial charge in [-0.05, 0) is 12.8 Å². The van der Waals surface area contributed by atoms with Crippen molar-refractivity contribution in [3.63, 3.8) is 0 Å². The molecule has 0 aromatic carbocycles. The van der Waals surface area contributed by atoms with E-state index in [1.165, 1.54) is 122 Å². The van der Waals surface area contributed by atoms with E-state index in [9.17, 15) is 40.5 Å². The van der Waals surface area contributed by atoms with E-state index in [2.05, 4.69) is 13.8 Å². The predicted molar refractivity (Wildman–Crippen MR) is 229 cm³/mol. The smallest absolute Gasteiger partial charge is 0.306 e. The number of hydrogen-bond acceptors (Lipinski definition) is 14. The van der Waals surface area contributed by atoms with E-state index >= 15 is 0 Å². The number of ether oxygens (including phenoxy) is 6. The SMILES string of the molecule is CCCCCCCCCCCCCCCCCCC(=O)OC(COCCCCCCCCCCCC)COC1OC(COC2OC(CO)C(O)C(O)C2O)C(O)C(O)C1O. The Bertz CT molecular complexity index is 1010. The second kappa shape index (κ2) is 35.4. The Kier molecular flexibility index (Phi) is 32.5. The van der Waals surface area contributed by atoms with E-state index in [1.54, 1.807) is 0 Å². The van der Waals surface area contributed by atoms with Gasteiger partial charge >= 0.3 is 5.97 Å². The lowest BCUT2D eigenvalue weighted by Crippen LogP contribution is -2.61. The van der Waals surface area contributed by atoms with Crippen molar-refractivity contribution < 1.29 is 69.0 Å². The van der Waals surface area contributed by atoms with Gasteiger partial charge in [-0.1, -0.05) is 168 Å². The number of aliphatic hydroxyl groups excluding tert-OH is 7. The molecule has 0 amide bonds. The van der Waals surface area contributed by atoms with Crippen molar-refractivity contribution in [2.24, 2.45) is 0 Å². The number of esters is 1. The summed E-state index contributed by atoms with van der Waals surface area (Å²) in [7, 11) is 0. The highest BCUT2D eigenvalue weighted by Crippen LogP contribution is 2.26. The molecule has 356 valence electrons. The first-order valence-corrected chi connectivity index (χ1v) is 24.1. The van der Waals surface area contributed by atoms with Crippen molar-refractivity contribution in [1.29, 1.82) is 0 Å². The van der Waals surface area contributed by atoms with Gasteiger partial charge in [0.15, 0.2) is 12.6 Å². The van der Waals surface area contributed by atoms with Crippen LogP contribution in [0.1, 0.15) is 187 Å². The lowest BCUT2D eigenvalue weighted by atomic mass is 9.98. The molecule has 2 aliphatic rings. The summed E-state index contributed by atoms with van der Waals surface area (Å²) in [5, 5.41) is 71.9. The third-order valence-corrected chi connectivity index (χ3v) is 11.9. The Morgan fingerprint density at radius 3 is 1.35 bits per heavy atom. The van der Waals surface area contributed by atoms with Gasteiger partial charge in [0.2, 0.25) is 0 Å². The van der Waals surface area contributed by atoms with Crippen molar-refractivity contribution in [3.05, 3.63) is 0 Å². The molecule has 2 saturated heterocycles. The minimum Gasteiger partial charge on any atom is -0.457 e. The van der Waals surface area contributed by atoms with Gasteiger partial charge < -0.3 is 64.2 Å². The van der Waals surface area contributed by atoms with Crippen LogP contribution in [0.2, 0.25) is 0 Å². The summed E-state index contributed by atoms with van der Waals surface area (Å²) in [5.74, 6) is -0.372. The fourth-order valence-corrected chi connectivity index (χ4v) is 7.87. The van der Waals surface area contributed by atoms with Crippen LogP contribution < -0.4 is 0 Å². The van der Waals surface area contributed by atoms with Crippen LogP contribution in [0.15, 0.2) is 0 Å². The predicted octanol–water partition coefficient (Wildman–Crippen LogP) is 6.13. The van der Waals surface area contributed by atoms with Crippen LogP contribution >= 0.6 is 0 Å². The minimum absolute atomic E-state index is 0.0692. The maximum Gasteiger partial charge on any atom is 0.306 e. The van der Waals surface area contributed by atoms with Gasteiger partial charge in [-0.15, -0.1) is 0 Å². The second-order valence-corrected chi connectivity index (χ2v) is 17.3. The van der Waals surface area contributed by atoms with E-state index in [0.717, 1.165) is 44.9 Å². The molecule has 2 heterocycles. The molecule has 0 aromatic rings. The topological polar surface area (TPSA) is 214 Å². The molecule has 14 heteroatoms. The zero-order valence-electron chi connectivity index (χ0n) is 37.5. The molecule has 2 rings (SSSR count). The van der Waals surface area contributed by atoms with E-state index < -0.39 is 80.7 Å². The number of unbranched alkanes of at least 4 members (excludes halogenated alkanes) is 24. The maximum absolute atomic E-state index is 12.9. The lowest BCUT2D eigenvalue weighted by Gasteiger charge is -2.42. The summed E-state index contributed by atoms with van der Waals surface area (Å²) >= 11 is 0. The highest BCUT2D eigenvalue weighted by atomic mass is 16.7. The van der Waals surface area contributed by atoms with Gasteiger partial charge in [0.25, 0.3) is 0 Å². The van der Waals surface area contributed by atoms with Gasteiger partial charge in [0.05, 0.1) is 26.4 Å². The van der Waals surface area contributed by atoms with Crippen molar-refractivity contribution >= 4 is 5.97 Å². The van der Waals surface area contributed by atoms with Crippen molar-refractivity contribution in [3.8, 4) is 0 Å². The van der Waals surface area contributed by atoms with Gasteiger partial charge in [0.1, 0.15) is 54.9 Å². The third kappa shape index (κ3) is 23.6. The average molecular weight is 865 g/mol. The zero-order valence-corrected chi connectivity index (χ0v) is 37.5. The van der Waals surface area contributed by atoms with Crippen LogP contribution in [-0.4, -0.2) is 142 Å². The van der Waals surface area contributed by atoms with Crippen LogP contribution in [-0.2, 0) is 33.2 Å². The molecule has 0 radical (unpaired) electrons. The monoisotopic (exact) mass is 865 g/mol. The largest absolute Gasteiger partial charge is 0.457 e. The summed E-state index contributed by atoms with van der Waals surface area (Å²) in [6.45, 7) is 3.70. The molecule has 14 nitrogen and oxygen atoms in total. The number of carbonyl (C=O) groups excluding carboxylic acids is 1. The molecule has 0 saturated carbocycles. The Hall–Kier alpha value is -1.01. The highest BCUT2D eigenvalue weighted by Gasteiger charge is 2.47. The number of rotatable bonds is 38. The summed E-state index contributed by atoms with van der Waals surface area (Å²) in [4.78, 5) is 12.9. The summed E-state index contributed by atoms with van der Waals surface area (Å²) in [6.07, 6.45) is 16.0. The standard InChI is InChI=1S/C46H88O14/c1-3-5-7-9-11-13-15-16-17-18-19-20-21-23-25-27-29-38(48)58-35(32-55-30-28-26-24-22-14-12-10-8-6-4-2)33-56-45-44(54)42(52)40(50)37(60-45)34-57-46-43(53)41(51)39(49)36(31-47)59-46/h35-37,39-47,49-54H,3-34H2,1-2H3. The van der Waals surface area contributed by atoms with Crippen LogP contribution in [0.3, 0.4) is 0 Å². The number of aliphatic hydroxyl groups is 7. The van der Waals surface area contributed by atoms with E-state index in [-0.39, 0.29) is 25.6 Å². The van der Waals surface area contributed by atoms with Crippen LogP contribution in [0.25, 0.3) is 0 Å². The first kappa shape index (κ1) is 55.1. The molecular formula is C46H88O14. The second-order valence-electron chi connectivity index (χ2n) is 17.3. The fourth-order valence-electron chi connectivity index (χ4n) is 7.87. The molecule has 0 bridgehead atoms. The maximum atomic E-state index is 12.9.